The molecule has 1 atom stereocenters. The molecular formula is C23H17Cl2NO4S. The topological polar surface area (TPSA) is 66.8 Å². The summed E-state index contributed by atoms with van der Waals surface area (Å²) in [5.41, 5.74) is 0.853. The third-order valence-corrected chi connectivity index (χ3v) is 6.36. The van der Waals surface area contributed by atoms with Crippen LogP contribution in [0.3, 0.4) is 0 Å². The van der Waals surface area contributed by atoms with Gasteiger partial charge in [-0.3, -0.25) is 14.5 Å². The van der Waals surface area contributed by atoms with E-state index in [9.17, 15) is 14.7 Å². The van der Waals surface area contributed by atoms with Crippen LogP contribution in [0.2, 0.25) is 10.0 Å². The molecule has 1 amide bonds. The van der Waals surface area contributed by atoms with Crippen molar-refractivity contribution in [2.45, 2.75) is 13.0 Å². The van der Waals surface area contributed by atoms with Crippen LogP contribution in [0.15, 0.2) is 65.6 Å². The summed E-state index contributed by atoms with van der Waals surface area (Å²) in [6, 6.07) is 14.2. The van der Waals surface area contributed by atoms with E-state index in [1.807, 2.05) is 24.4 Å². The Bertz CT molecular complexity index is 1170. The van der Waals surface area contributed by atoms with E-state index in [1.165, 1.54) is 16.2 Å². The Morgan fingerprint density at radius 1 is 1.13 bits per heavy atom. The van der Waals surface area contributed by atoms with Crippen LogP contribution < -0.4 is 9.64 Å². The Morgan fingerprint density at radius 3 is 2.52 bits per heavy atom. The van der Waals surface area contributed by atoms with Gasteiger partial charge in [0.25, 0.3) is 11.7 Å². The molecule has 1 fully saturated rings. The van der Waals surface area contributed by atoms with Gasteiger partial charge in [0.2, 0.25) is 0 Å². The number of carbonyl (C=O) groups excluding carboxylic acids is 2. The third kappa shape index (κ3) is 3.94. The molecule has 1 aliphatic rings. The van der Waals surface area contributed by atoms with Crippen molar-refractivity contribution in [2.75, 3.05) is 11.5 Å². The smallest absolute Gasteiger partial charge is 0.300 e. The van der Waals surface area contributed by atoms with Gasteiger partial charge in [-0.15, -0.1) is 11.3 Å². The number of hydrogen-bond acceptors (Lipinski definition) is 5. The minimum Gasteiger partial charge on any atom is -0.507 e. The highest BCUT2D eigenvalue weighted by atomic mass is 35.5. The molecule has 8 heteroatoms. The Kier molecular flexibility index (Phi) is 6.05. The number of ketones is 1. The van der Waals surface area contributed by atoms with E-state index in [1.54, 1.807) is 42.5 Å². The third-order valence-electron chi connectivity index (χ3n) is 4.87. The van der Waals surface area contributed by atoms with Crippen molar-refractivity contribution in [1.29, 1.82) is 0 Å². The minimum atomic E-state index is -0.771. The standard InChI is InChI=1S/C23H17Cl2NO4S/c1-2-30-17-12-13(5-10-16(17)25)21(27)19-20(18-4-3-11-31-18)26(23(29)22(19)28)15-8-6-14(24)7-9-15/h3-12,20,27H,2H2,1H3/b21-19-. The van der Waals surface area contributed by atoms with E-state index < -0.39 is 17.7 Å². The molecule has 31 heavy (non-hydrogen) atoms. The molecule has 2 aromatic carbocycles. The predicted molar refractivity (Wildman–Crippen MR) is 123 cm³/mol. The molecule has 1 aromatic heterocycles. The van der Waals surface area contributed by atoms with Crippen molar-refractivity contribution < 1.29 is 19.4 Å². The number of anilines is 1. The lowest BCUT2D eigenvalue weighted by Crippen LogP contribution is -2.29. The number of halogens is 2. The lowest BCUT2D eigenvalue weighted by Gasteiger charge is -2.24. The van der Waals surface area contributed by atoms with E-state index in [2.05, 4.69) is 0 Å². The van der Waals surface area contributed by atoms with Gasteiger partial charge in [-0.1, -0.05) is 29.3 Å². The van der Waals surface area contributed by atoms with Crippen LogP contribution in [0.4, 0.5) is 5.69 Å². The number of Topliss-reactive ketones (excluding diaryl/α,β-unsaturated/α-hetero) is 1. The molecule has 1 unspecified atom stereocenters. The molecule has 0 spiro atoms. The molecule has 0 radical (unpaired) electrons. The van der Waals surface area contributed by atoms with Crippen LogP contribution >= 0.6 is 34.5 Å². The van der Waals surface area contributed by atoms with Gasteiger partial charge in [-0.25, -0.2) is 0 Å². The van der Waals surface area contributed by atoms with Crippen molar-refractivity contribution in [3.05, 3.63) is 86.0 Å². The van der Waals surface area contributed by atoms with E-state index in [0.29, 0.717) is 33.7 Å². The molecule has 1 aliphatic heterocycles. The summed E-state index contributed by atoms with van der Waals surface area (Å²) in [5.74, 6) is -1.39. The van der Waals surface area contributed by atoms with Crippen LogP contribution in [-0.4, -0.2) is 23.4 Å². The van der Waals surface area contributed by atoms with Gasteiger partial charge in [-0.05, 0) is 60.8 Å². The Labute approximate surface area is 193 Å². The summed E-state index contributed by atoms with van der Waals surface area (Å²) in [4.78, 5) is 28.2. The molecule has 3 aromatic rings. The first-order valence-electron chi connectivity index (χ1n) is 9.45. The number of benzene rings is 2. The predicted octanol–water partition coefficient (Wildman–Crippen LogP) is 6.08. The quantitative estimate of drug-likeness (QED) is 0.277. The number of carbonyl (C=O) groups is 2. The number of hydrogen-bond donors (Lipinski definition) is 1. The number of rotatable bonds is 5. The number of nitrogens with zero attached hydrogens (tertiary/aromatic N) is 1. The maximum atomic E-state index is 13.1. The zero-order valence-electron chi connectivity index (χ0n) is 16.3. The fourth-order valence-electron chi connectivity index (χ4n) is 3.49. The second-order valence-electron chi connectivity index (χ2n) is 6.74. The van der Waals surface area contributed by atoms with Crippen LogP contribution in [0.1, 0.15) is 23.4 Å². The van der Waals surface area contributed by atoms with E-state index >= 15 is 0 Å². The number of ether oxygens (including phenoxy) is 1. The normalized spacial score (nSPS) is 17.9. The van der Waals surface area contributed by atoms with Crippen molar-refractivity contribution in [2.24, 2.45) is 0 Å². The fourth-order valence-corrected chi connectivity index (χ4v) is 4.61. The zero-order chi connectivity index (χ0) is 22.1. The Balaban J connectivity index is 1.89. The number of thiophene rings is 1. The van der Waals surface area contributed by atoms with Crippen molar-refractivity contribution in [1.82, 2.24) is 0 Å². The van der Waals surface area contributed by atoms with Crippen LogP contribution in [0.5, 0.6) is 5.75 Å². The molecule has 0 saturated carbocycles. The minimum absolute atomic E-state index is 0.00664. The first-order chi connectivity index (χ1) is 14.9. The van der Waals surface area contributed by atoms with Crippen LogP contribution in [0.25, 0.3) is 5.76 Å². The molecule has 1 saturated heterocycles. The molecular weight excluding hydrogens is 457 g/mol. The van der Waals surface area contributed by atoms with Gasteiger partial charge in [0.1, 0.15) is 17.6 Å². The lowest BCUT2D eigenvalue weighted by atomic mass is 9.99. The summed E-state index contributed by atoms with van der Waals surface area (Å²) < 4.78 is 5.50. The van der Waals surface area contributed by atoms with Crippen molar-refractivity contribution in [3.8, 4) is 5.75 Å². The Hall–Kier alpha value is -2.80. The van der Waals surface area contributed by atoms with Crippen LogP contribution in [0, 0.1) is 0 Å². The number of aliphatic hydroxyl groups is 1. The molecule has 158 valence electrons. The van der Waals surface area contributed by atoms with Gasteiger partial charge < -0.3 is 9.84 Å². The van der Waals surface area contributed by atoms with Gasteiger partial charge >= 0.3 is 0 Å². The SMILES string of the molecule is CCOc1cc(/C(O)=C2/C(=O)C(=O)N(c3ccc(Cl)cc3)C2c2cccs2)ccc1Cl. The average Bonchev–Trinajstić information content (AvgIpc) is 3.37. The maximum absolute atomic E-state index is 13.1. The van der Waals surface area contributed by atoms with Gasteiger partial charge in [0.15, 0.2) is 0 Å². The lowest BCUT2D eigenvalue weighted by molar-refractivity contribution is -0.132. The molecule has 1 N–H and O–H groups in total. The molecule has 2 heterocycles. The molecule has 5 nitrogen and oxygen atoms in total. The van der Waals surface area contributed by atoms with Crippen molar-refractivity contribution >= 4 is 57.7 Å². The summed E-state index contributed by atoms with van der Waals surface area (Å²) in [6.07, 6.45) is 0. The Morgan fingerprint density at radius 2 is 1.87 bits per heavy atom. The second-order valence-corrected chi connectivity index (χ2v) is 8.56. The highest BCUT2D eigenvalue weighted by Crippen LogP contribution is 2.44. The number of aliphatic hydroxyl groups excluding tert-OH is 1. The van der Waals surface area contributed by atoms with E-state index in [0.717, 1.165) is 4.88 Å². The summed E-state index contributed by atoms with van der Waals surface area (Å²) in [6.45, 7) is 2.21. The van der Waals surface area contributed by atoms with Crippen molar-refractivity contribution in [3.63, 3.8) is 0 Å². The van der Waals surface area contributed by atoms with Gasteiger partial charge in [0, 0.05) is 21.2 Å². The summed E-state index contributed by atoms with van der Waals surface area (Å²) in [7, 11) is 0. The maximum Gasteiger partial charge on any atom is 0.300 e. The first kappa shape index (κ1) is 21.4. The van der Waals surface area contributed by atoms with Gasteiger partial charge in [0.05, 0.1) is 17.2 Å². The van der Waals surface area contributed by atoms with E-state index in [-0.39, 0.29) is 11.3 Å². The van der Waals surface area contributed by atoms with E-state index in [4.69, 9.17) is 27.9 Å². The van der Waals surface area contributed by atoms with Crippen LogP contribution in [-0.2, 0) is 9.59 Å². The zero-order valence-corrected chi connectivity index (χ0v) is 18.7. The average molecular weight is 474 g/mol. The molecule has 0 aliphatic carbocycles. The number of amides is 1. The highest BCUT2D eigenvalue weighted by molar-refractivity contribution is 7.10. The summed E-state index contributed by atoms with van der Waals surface area (Å²) >= 11 is 13.5. The second kappa shape index (κ2) is 8.75. The van der Waals surface area contributed by atoms with Gasteiger partial charge in [-0.2, -0.15) is 0 Å². The molecule has 4 rings (SSSR count). The fraction of sp³-hybridized carbons (Fsp3) is 0.130. The highest BCUT2D eigenvalue weighted by Gasteiger charge is 2.47. The summed E-state index contributed by atoms with van der Waals surface area (Å²) in [5, 5.41) is 13.9. The first-order valence-corrected chi connectivity index (χ1v) is 11.1. The largest absolute Gasteiger partial charge is 0.507 e. The monoisotopic (exact) mass is 473 g/mol. The molecule has 0 bridgehead atoms.